The highest BCUT2D eigenvalue weighted by molar-refractivity contribution is 7.98. The minimum Gasteiger partial charge on any atom is -0.494 e. The number of amides is 2. The van der Waals surface area contributed by atoms with Crippen molar-refractivity contribution in [1.29, 1.82) is 0 Å². The van der Waals surface area contributed by atoms with E-state index in [0.29, 0.717) is 18.0 Å². The molecule has 49 heavy (non-hydrogen) atoms. The molecule has 258 valence electrons. The lowest BCUT2D eigenvalue weighted by atomic mass is 9.94. The highest BCUT2D eigenvalue weighted by Crippen LogP contribution is 2.28. The van der Waals surface area contributed by atoms with Gasteiger partial charge in [0.15, 0.2) is 0 Å². The second-order valence-corrected chi connectivity index (χ2v) is 14.9. The first-order chi connectivity index (χ1) is 23.8. The van der Waals surface area contributed by atoms with Crippen LogP contribution in [0.15, 0.2) is 119 Å². The van der Waals surface area contributed by atoms with E-state index in [4.69, 9.17) is 4.74 Å². The van der Waals surface area contributed by atoms with Crippen LogP contribution in [0.1, 0.15) is 50.2 Å². The maximum Gasteiger partial charge on any atom is 0.264 e. The lowest BCUT2D eigenvalue weighted by Gasteiger charge is -2.35. The molecule has 1 saturated carbocycles. The van der Waals surface area contributed by atoms with Gasteiger partial charge in [-0.1, -0.05) is 79.9 Å². The molecule has 0 aliphatic heterocycles. The number of thioether (sulfide) groups is 1. The van der Waals surface area contributed by atoms with Gasteiger partial charge in [0.25, 0.3) is 10.0 Å². The summed E-state index contributed by atoms with van der Waals surface area (Å²) in [5, 5.41) is 3.25. The molecule has 0 heterocycles. The smallest absolute Gasteiger partial charge is 0.264 e. The standard InChI is InChI=1S/C39H45N3O5S2/c1-3-47-34-21-19-33(20-22-34)42(49(45,46)36-25-23-35(48-2)24-26-36)29-38(43)41(28-31-15-9-5-10-16-31)37(27-30-13-7-4-8-14-30)39(44)40-32-17-11-6-12-18-32/h4-5,7-10,13-16,19-26,32,37H,3,6,11-12,17-18,27-29H2,1-2H3,(H,40,44)/t37-/m1/s1. The van der Waals surface area contributed by atoms with E-state index in [0.717, 1.165) is 52.4 Å². The number of nitrogens with one attached hydrogen (secondary N) is 1. The Morgan fingerprint density at radius 3 is 2.04 bits per heavy atom. The zero-order valence-corrected chi connectivity index (χ0v) is 29.8. The topological polar surface area (TPSA) is 96.0 Å². The Morgan fingerprint density at radius 1 is 0.837 bits per heavy atom. The molecule has 4 aromatic rings. The largest absolute Gasteiger partial charge is 0.494 e. The lowest BCUT2D eigenvalue weighted by Crippen LogP contribution is -2.55. The molecule has 0 unspecified atom stereocenters. The van der Waals surface area contributed by atoms with Crippen molar-refractivity contribution in [3.05, 3.63) is 120 Å². The molecule has 1 fully saturated rings. The molecular formula is C39H45N3O5S2. The Labute approximate surface area is 294 Å². The van der Waals surface area contributed by atoms with Gasteiger partial charge in [0.05, 0.1) is 17.2 Å². The van der Waals surface area contributed by atoms with Crippen LogP contribution in [0.3, 0.4) is 0 Å². The third-order valence-corrected chi connectivity index (χ3v) is 11.3. The summed E-state index contributed by atoms with van der Waals surface area (Å²) in [4.78, 5) is 31.5. The number of sulfonamides is 1. The quantitative estimate of drug-likeness (QED) is 0.133. The van der Waals surface area contributed by atoms with Crippen LogP contribution in [-0.2, 0) is 32.6 Å². The highest BCUT2D eigenvalue weighted by Gasteiger charge is 2.35. The van der Waals surface area contributed by atoms with Crippen molar-refractivity contribution in [2.45, 2.75) is 73.9 Å². The van der Waals surface area contributed by atoms with Gasteiger partial charge < -0.3 is 15.0 Å². The van der Waals surface area contributed by atoms with Gasteiger partial charge in [-0.05, 0) is 85.7 Å². The highest BCUT2D eigenvalue weighted by atomic mass is 32.2. The second kappa shape index (κ2) is 17.4. The van der Waals surface area contributed by atoms with Crippen molar-refractivity contribution in [2.24, 2.45) is 0 Å². The van der Waals surface area contributed by atoms with Crippen molar-refractivity contribution in [3.63, 3.8) is 0 Å². The molecule has 5 rings (SSSR count). The van der Waals surface area contributed by atoms with E-state index in [1.165, 1.54) is 11.8 Å². The summed E-state index contributed by atoms with van der Waals surface area (Å²) in [6.45, 7) is 1.96. The Bertz CT molecular complexity index is 1750. The van der Waals surface area contributed by atoms with Crippen molar-refractivity contribution < 1.29 is 22.7 Å². The fourth-order valence-corrected chi connectivity index (χ4v) is 7.98. The van der Waals surface area contributed by atoms with Crippen LogP contribution in [-0.4, -0.2) is 56.6 Å². The predicted octanol–water partition coefficient (Wildman–Crippen LogP) is 7.09. The molecule has 4 aromatic carbocycles. The summed E-state index contributed by atoms with van der Waals surface area (Å²) < 4.78 is 35.5. The average molecular weight is 700 g/mol. The van der Waals surface area contributed by atoms with Crippen LogP contribution >= 0.6 is 11.8 Å². The number of anilines is 1. The van der Waals surface area contributed by atoms with E-state index in [1.54, 1.807) is 53.4 Å². The normalized spacial score (nSPS) is 14.1. The Morgan fingerprint density at radius 2 is 1.45 bits per heavy atom. The molecule has 1 aliphatic carbocycles. The van der Waals surface area contributed by atoms with Gasteiger partial charge >= 0.3 is 0 Å². The third kappa shape index (κ3) is 9.67. The number of nitrogens with zero attached hydrogens (tertiary/aromatic N) is 2. The predicted molar refractivity (Wildman–Crippen MR) is 196 cm³/mol. The SMILES string of the molecule is CCOc1ccc(N(CC(=O)N(Cc2ccccc2)[C@H](Cc2ccccc2)C(=O)NC2CCCCC2)S(=O)(=O)c2ccc(SC)cc2)cc1. The van der Waals surface area contributed by atoms with Crippen LogP contribution in [0.4, 0.5) is 5.69 Å². The fraction of sp³-hybridized carbons (Fsp3) is 0.333. The first-order valence-corrected chi connectivity index (χ1v) is 19.5. The molecule has 1 aliphatic rings. The molecule has 2 amide bonds. The summed E-state index contributed by atoms with van der Waals surface area (Å²) in [6, 6.07) is 31.6. The maximum atomic E-state index is 14.7. The molecule has 0 spiro atoms. The summed E-state index contributed by atoms with van der Waals surface area (Å²) in [5.74, 6) is -0.128. The van der Waals surface area contributed by atoms with Gasteiger partial charge in [-0.15, -0.1) is 11.8 Å². The van der Waals surface area contributed by atoms with E-state index < -0.39 is 28.5 Å². The van der Waals surface area contributed by atoms with Gasteiger partial charge in [0.1, 0.15) is 18.3 Å². The first kappa shape index (κ1) is 36.0. The van der Waals surface area contributed by atoms with Gasteiger partial charge in [-0.25, -0.2) is 8.42 Å². The average Bonchev–Trinajstić information content (AvgIpc) is 3.13. The number of benzene rings is 4. The first-order valence-electron chi connectivity index (χ1n) is 16.9. The molecule has 0 saturated heterocycles. The molecule has 1 atom stereocenters. The van der Waals surface area contributed by atoms with E-state index in [2.05, 4.69) is 5.32 Å². The van der Waals surface area contributed by atoms with Crippen molar-refractivity contribution in [1.82, 2.24) is 10.2 Å². The van der Waals surface area contributed by atoms with Crippen molar-refractivity contribution in [2.75, 3.05) is 23.7 Å². The maximum absolute atomic E-state index is 14.7. The zero-order chi connectivity index (χ0) is 34.6. The number of carbonyl (C=O) groups is 2. The van der Waals surface area contributed by atoms with Crippen LogP contribution in [0.5, 0.6) is 5.75 Å². The summed E-state index contributed by atoms with van der Waals surface area (Å²) in [6.07, 6.45) is 7.25. The van der Waals surface area contributed by atoms with E-state index in [-0.39, 0.29) is 29.8 Å². The van der Waals surface area contributed by atoms with Crippen molar-refractivity contribution in [3.8, 4) is 5.75 Å². The number of carbonyl (C=O) groups excluding carboxylic acids is 2. The third-order valence-electron chi connectivity index (χ3n) is 8.78. The summed E-state index contributed by atoms with van der Waals surface area (Å²) in [7, 11) is -4.20. The minimum absolute atomic E-state index is 0.0400. The van der Waals surface area contributed by atoms with Crippen LogP contribution < -0.4 is 14.4 Å². The van der Waals surface area contributed by atoms with Gasteiger partial charge in [0, 0.05) is 23.9 Å². The van der Waals surface area contributed by atoms with Gasteiger partial charge in [-0.2, -0.15) is 0 Å². The van der Waals surface area contributed by atoms with Crippen LogP contribution in [0.25, 0.3) is 0 Å². The van der Waals surface area contributed by atoms with E-state index in [9.17, 15) is 18.0 Å². The Balaban J connectivity index is 1.55. The summed E-state index contributed by atoms with van der Waals surface area (Å²) in [5.41, 5.74) is 2.06. The number of ether oxygens (including phenoxy) is 1. The summed E-state index contributed by atoms with van der Waals surface area (Å²) >= 11 is 1.51. The van der Waals surface area contributed by atoms with E-state index >= 15 is 0 Å². The van der Waals surface area contributed by atoms with Crippen LogP contribution in [0.2, 0.25) is 0 Å². The van der Waals surface area contributed by atoms with E-state index in [1.807, 2.05) is 73.8 Å². The number of rotatable bonds is 15. The van der Waals surface area contributed by atoms with Gasteiger partial charge in [-0.3, -0.25) is 13.9 Å². The number of hydrogen-bond acceptors (Lipinski definition) is 6. The molecule has 0 bridgehead atoms. The molecule has 10 heteroatoms. The van der Waals surface area contributed by atoms with Gasteiger partial charge in [0.2, 0.25) is 11.8 Å². The Kier molecular flexibility index (Phi) is 12.8. The monoisotopic (exact) mass is 699 g/mol. The molecule has 8 nitrogen and oxygen atoms in total. The molecular weight excluding hydrogens is 655 g/mol. The molecule has 1 N–H and O–H groups in total. The fourth-order valence-electron chi connectivity index (χ4n) is 6.16. The second-order valence-electron chi connectivity index (χ2n) is 12.2. The van der Waals surface area contributed by atoms with Crippen LogP contribution in [0, 0.1) is 0 Å². The minimum atomic E-state index is -4.20. The Hall–Kier alpha value is -4.28. The molecule has 0 radical (unpaired) electrons. The van der Waals surface area contributed by atoms with Crippen molar-refractivity contribution >= 4 is 39.3 Å². The number of hydrogen-bond donors (Lipinski definition) is 1. The molecule has 0 aromatic heterocycles. The lowest BCUT2D eigenvalue weighted by molar-refractivity contribution is -0.140. The zero-order valence-electron chi connectivity index (χ0n) is 28.2.